The molecule has 2 aromatic carbocycles. The minimum atomic E-state index is -0.874. The molecule has 0 amide bonds. The van der Waals surface area contributed by atoms with Crippen molar-refractivity contribution in [2.45, 2.75) is 13.2 Å². The van der Waals surface area contributed by atoms with Crippen LogP contribution in [0.4, 0.5) is 0 Å². The molecule has 1 N–H and O–H groups in total. The number of benzene rings is 2. The van der Waals surface area contributed by atoms with E-state index in [0.29, 0.717) is 36.1 Å². The maximum absolute atomic E-state index is 9.83. The van der Waals surface area contributed by atoms with Crippen LogP contribution < -0.4 is 19.7 Å². The molecule has 0 atom stereocenters. The molecule has 1 aliphatic rings. The van der Waals surface area contributed by atoms with E-state index in [9.17, 15) is 5.02 Å². The van der Waals surface area contributed by atoms with Gasteiger partial charge < -0.3 is 23.9 Å². The van der Waals surface area contributed by atoms with Gasteiger partial charge in [-0.1, -0.05) is 18.2 Å². The highest BCUT2D eigenvalue weighted by atomic mass is 16.5. The third-order valence-electron chi connectivity index (χ3n) is 4.35. The third kappa shape index (κ3) is 2.93. The first-order valence-electron chi connectivity index (χ1n) is 8.10. The summed E-state index contributed by atoms with van der Waals surface area (Å²) in [6.45, 7) is 0.732. The fraction of sp³-hybridized carbons (Fsp3) is 0.222. The Kier molecular flexibility index (Phi) is 4.36. The largest absolute Gasteiger partial charge is 0.493 e. The monoisotopic (exact) mass is 352 g/mol. The predicted molar refractivity (Wildman–Crippen MR) is 95.8 cm³/mol. The van der Waals surface area contributed by atoms with Crippen molar-refractivity contribution in [3.8, 4) is 17.4 Å². The maximum atomic E-state index is 9.83. The van der Waals surface area contributed by atoms with Crippen molar-refractivity contribution in [2.75, 3.05) is 14.2 Å². The molecular formula is C18H17BN2O5. The smallest absolute Gasteiger partial charge is 0.491 e. The van der Waals surface area contributed by atoms with E-state index in [0.717, 1.165) is 22.0 Å². The van der Waals surface area contributed by atoms with Gasteiger partial charge in [0.15, 0.2) is 11.5 Å². The number of rotatable bonds is 5. The van der Waals surface area contributed by atoms with Crippen LogP contribution in [0.25, 0.3) is 10.9 Å². The van der Waals surface area contributed by atoms with Gasteiger partial charge >= 0.3 is 7.12 Å². The van der Waals surface area contributed by atoms with Crippen LogP contribution in [0, 0.1) is 0 Å². The highest BCUT2D eigenvalue weighted by Gasteiger charge is 2.27. The van der Waals surface area contributed by atoms with E-state index in [-0.39, 0.29) is 0 Å². The molecule has 0 radical (unpaired) electrons. The van der Waals surface area contributed by atoms with Crippen molar-refractivity contribution in [2.24, 2.45) is 0 Å². The fourth-order valence-corrected chi connectivity index (χ4v) is 2.98. The molecule has 7 nitrogen and oxygen atoms in total. The second-order valence-electron chi connectivity index (χ2n) is 5.89. The summed E-state index contributed by atoms with van der Waals surface area (Å²) < 4.78 is 21.8. The van der Waals surface area contributed by atoms with Gasteiger partial charge in [-0.05, 0) is 22.7 Å². The summed E-state index contributed by atoms with van der Waals surface area (Å²) in [5.41, 5.74) is 3.39. The van der Waals surface area contributed by atoms with Crippen LogP contribution in [-0.2, 0) is 17.9 Å². The minimum absolute atomic E-state index is 0.306. The number of methoxy groups -OCH3 is 2. The van der Waals surface area contributed by atoms with Crippen LogP contribution >= 0.6 is 0 Å². The predicted octanol–water partition coefficient (Wildman–Crippen LogP) is 1.44. The van der Waals surface area contributed by atoms with Crippen molar-refractivity contribution in [1.29, 1.82) is 0 Å². The number of hydrogen-bond acceptors (Lipinski definition) is 7. The molecule has 1 aromatic heterocycles. The molecule has 4 rings (SSSR count). The molecule has 0 saturated heterocycles. The van der Waals surface area contributed by atoms with Crippen molar-refractivity contribution in [3.63, 3.8) is 0 Å². The van der Waals surface area contributed by atoms with Crippen LogP contribution in [-0.4, -0.2) is 36.3 Å². The quantitative estimate of drug-likeness (QED) is 0.696. The van der Waals surface area contributed by atoms with E-state index in [4.69, 9.17) is 18.9 Å². The zero-order chi connectivity index (χ0) is 18.1. The summed E-state index contributed by atoms with van der Waals surface area (Å²) in [7, 11) is 2.28. The summed E-state index contributed by atoms with van der Waals surface area (Å²) in [5, 5.41) is 10.6. The Morgan fingerprint density at radius 1 is 1.12 bits per heavy atom. The van der Waals surface area contributed by atoms with Gasteiger partial charge in [0.2, 0.25) is 5.88 Å². The molecule has 0 bridgehead atoms. The minimum Gasteiger partial charge on any atom is -0.493 e. The van der Waals surface area contributed by atoms with E-state index in [1.54, 1.807) is 26.4 Å². The van der Waals surface area contributed by atoms with Crippen molar-refractivity contribution < 1.29 is 23.9 Å². The molecule has 132 valence electrons. The molecule has 1 aliphatic heterocycles. The molecule has 0 saturated carbocycles. The lowest BCUT2D eigenvalue weighted by Crippen LogP contribution is -2.28. The molecule has 8 heteroatoms. The highest BCUT2D eigenvalue weighted by Crippen LogP contribution is 2.34. The number of ether oxygens (including phenoxy) is 3. The zero-order valence-corrected chi connectivity index (χ0v) is 14.4. The van der Waals surface area contributed by atoms with Crippen LogP contribution in [0.1, 0.15) is 11.1 Å². The summed E-state index contributed by atoms with van der Waals surface area (Å²) in [5.74, 6) is 1.63. The lowest BCUT2D eigenvalue weighted by Gasteiger charge is -2.12. The van der Waals surface area contributed by atoms with Gasteiger partial charge in [0, 0.05) is 6.07 Å². The van der Waals surface area contributed by atoms with E-state index >= 15 is 0 Å². The highest BCUT2D eigenvalue weighted by molar-refractivity contribution is 6.61. The lowest BCUT2D eigenvalue weighted by molar-refractivity contribution is 0.275. The van der Waals surface area contributed by atoms with Gasteiger partial charge in [-0.25, -0.2) is 9.97 Å². The average molecular weight is 352 g/mol. The number of hydrogen-bond donors (Lipinski definition) is 1. The van der Waals surface area contributed by atoms with E-state index in [1.165, 1.54) is 6.33 Å². The first kappa shape index (κ1) is 16.6. The van der Waals surface area contributed by atoms with Gasteiger partial charge in [-0.3, -0.25) is 0 Å². The molecule has 0 unspecified atom stereocenters. The van der Waals surface area contributed by atoms with Gasteiger partial charge in [0.1, 0.15) is 12.9 Å². The van der Waals surface area contributed by atoms with Crippen molar-refractivity contribution in [3.05, 3.63) is 47.8 Å². The summed E-state index contributed by atoms with van der Waals surface area (Å²) in [6.07, 6.45) is 1.45. The van der Waals surface area contributed by atoms with Crippen molar-refractivity contribution in [1.82, 2.24) is 9.97 Å². The summed E-state index contributed by atoms with van der Waals surface area (Å²) in [4.78, 5) is 8.50. The number of aromatic nitrogens is 2. The molecule has 26 heavy (non-hydrogen) atoms. The first-order chi connectivity index (χ1) is 12.7. The number of fused-ring (bicyclic) bond motifs is 2. The second-order valence-corrected chi connectivity index (χ2v) is 5.89. The normalized spacial score (nSPS) is 13.0. The van der Waals surface area contributed by atoms with Gasteiger partial charge in [0.25, 0.3) is 0 Å². The second kappa shape index (κ2) is 6.82. The Balaban J connectivity index is 1.62. The Hall–Kier alpha value is -2.84. The van der Waals surface area contributed by atoms with Crippen LogP contribution in [0.5, 0.6) is 17.4 Å². The van der Waals surface area contributed by atoms with E-state index < -0.39 is 7.12 Å². The number of nitrogens with zero attached hydrogens (tertiary/aromatic N) is 2. The van der Waals surface area contributed by atoms with E-state index in [2.05, 4.69) is 9.97 Å². The van der Waals surface area contributed by atoms with Gasteiger partial charge in [-0.15, -0.1) is 0 Å². The summed E-state index contributed by atoms with van der Waals surface area (Å²) in [6, 6.07) is 9.36. The third-order valence-corrected chi connectivity index (χ3v) is 4.35. The molecule has 3 aromatic rings. The maximum Gasteiger partial charge on any atom is 0.491 e. The van der Waals surface area contributed by atoms with Gasteiger partial charge in [-0.2, -0.15) is 0 Å². The molecular weight excluding hydrogens is 335 g/mol. The van der Waals surface area contributed by atoms with Crippen LogP contribution in [0.2, 0.25) is 0 Å². The Morgan fingerprint density at radius 2 is 1.92 bits per heavy atom. The molecule has 2 heterocycles. The van der Waals surface area contributed by atoms with Gasteiger partial charge in [0.05, 0.1) is 31.7 Å². The average Bonchev–Trinajstić information content (AvgIpc) is 3.05. The van der Waals surface area contributed by atoms with Crippen LogP contribution in [0.15, 0.2) is 36.7 Å². The Bertz CT molecular complexity index is 966. The topological polar surface area (TPSA) is 82.9 Å². The SMILES string of the molecule is COc1cc2ncnc(OCc3ccc4c(c3)B(O)OC4)c2cc1OC. The Labute approximate surface area is 150 Å². The fourth-order valence-electron chi connectivity index (χ4n) is 2.98. The lowest BCUT2D eigenvalue weighted by atomic mass is 9.79. The van der Waals surface area contributed by atoms with Crippen LogP contribution in [0.3, 0.4) is 0 Å². The summed E-state index contributed by atoms with van der Waals surface area (Å²) >= 11 is 0. The molecule has 0 fully saturated rings. The van der Waals surface area contributed by atoms with Crippen molar-refractivity contribution >= 4 is 23.5 Å². The molecule has 0 spiro atoms. The van der Waals surface area contributed by atoms with E-state index in [1.807, 2.05) is 18.2 Å². The first-order valence-corrected chi connectivity index (χ1v) is 8.10. The Morgan fingerprint density at radius 3 is 2.73 bits per heavy atom. The zero-order valence-electron chi connectivity index (χ0n) is 14.4. The standard InChI is InChI=1S/C18H17BN2O5/c1-23-16-6-13-15(7-17(16)24-2)20-10-21-18(13)25-8-11-3-4-12-9-26-19(22)14(12)5-11/h3-7,10,22H,8-9H2,1-2H3. The molecule has 0 aliphatic carbocycles.